The van der Waals surface area contributed by atoms with Crippen molar-refractivity contribution in [2.75, 3.05) is 12.4 Å². The monoisotopic (exact) mass is 366 g/mol. The fourth-order valence-electron chi connectivity index (χ4n) is 1.81. The van der Waals surface area contributed by atoms with E-state index in [1.54, 1.807) is 0 Å². The molecule has 0 aliphatic heterocycles. The highest BCUT2D eigenvalue weighted by Crippen LogP contribution is 2.15. The molecule has 2 aromatic carbocycles. The van der Waals surface area contributed by atoms with Crippen molar-refractivity contribution >= 4 is 34.2 Å². The zero-order valence-corrected chi connectivity index (χ0v) is 12.8. The Hall–Kier alpha value is -1.40. The van der Waals surface area contributed by atoms with Gasteiger partial charge in [-0.25, -0.2) is 0 Å². The van der Waals surface area contributed by atoms with Crippen LogP contribution < -0.4 is 10.6 Å². The third-order valence-electron chi connectivity index (χ3n) is 2.68. The maximum atomic E-state index is 12.2. The number of rotatable bonds is 4. The van der Waals surface area contributed by atoms with Crippen LogP contribution in [0.4, 0.5) is 5.69 Å². The summed E-state index contributed by atoms with van der Waals surface area (Å²) in [5.41, 5.74) is 2.66. The molecule has 98 valence electrons. The molecule has 3 nitrogen and oxygen atoms in total. The van der Waals surface area contributed by atoms with Gasteiger partial charge in [-0.3, -0.25) is 4.79 Å². The van der Waals surface area contributed by atoms with E-state index in [-0.39, 0.29) is 5.91 Å². The molecule has 0 atom stereocenters. The summed E-state index contributed by atoms with van der Waals surface area (Å²) in [6.45, 7) is 0.784. The first-order chi connectivity index (χ1) is 9.20. The predicted octanol–water partition coefficient (Wildman–Crippen LogP) is 3.26. The number of hydrogen-bond acceptors (Lipinski definition) is 2. The normalized spacial score (nSPS) is 10.2. The lowest BCUT2D eigenvalue weighted by Gasteiger charge is -2.08. The zero-order chi connectivity index (χ0) is 13.7. The first-order valence-corrected chi connectivity index (χ1v) is 7.08. The van der Waals surface area contributed by atoms with Gasteiger partial charge >= 0.3 is 0 Å². The molecule has 0 aliphatic carbocycles. The smallest absolute Gasteiger partial charge is 0.256 e. The highest BCUT2D eigenvalue weighted by Gasteiger charge is 2.09. The quantitative estimate of drug-likeness (QED) is 0.816. The number of halogens is 1. The molecule has 0 fully saturated rings. The number of carbonyl (C=O) groups excluding carboxylic acids is 1. The summed E-state index contributed by atoms with van der Waals surface area (Å²) in [5, 5.41) is 6.02. The van der Waals surface area contributed by atoms with Crippen LogP contribution in [0.5, 0.6) is 0 Å². The van der Waals surface area contributed by atoms with Crippen molar-refractivity contribution in [2.24, 2.45) is 0 Å². The van der Waals surface area contributed by atoms with Crippen molar-refractivity contribution < 1.29 is 4.79 Å². The minimum atomic E-state index is -0.0772. The fraction of sp³-hybridized carbons (Fsp3) is 0.133. The molecule has 0 aromatic heterocycles. The van der Waals surface area contributed by atoms with Gasteiger partial charge in [-0.05, 0) is 59.5 Å². The molecule has 0 bridgehead atoms. The summed E-state index contributed by atoms with van der Waals surface area (Å²) in [6, 6.07) is 15.4. The van der Waals surface area contributed by atoms with Crippen LogP contribution in [0, 0.1) is 3.57 Å². The lowest BCUT2D eigenvalue weighted by Crippen LogP contribution is -2.13. The third kappa shape index (κ3) is 3.78. The van der Waals surface area contributed by atoms with Gasteiger partial charge in [0.2, 0.25) is 0 Å². The molecule has 2 N–H and O–H groups in total. The molecule has 2 rings (SSSR count). The van der Waals surface area contributed by atoms with Gasteiger partial charge in [0.15, 0.2) is 0 Å². The Labute approximate surface area is 126 Å². The number of nitrogens with one attached hydrogen (secondary N) is 2. The molecule has 0 heterocycles. The van der Waals surface area contributed by atoms with E-state index in [0.29, 0.717) is 5.56 Å². The summed E-state index contributed by atoms with van der Waals surface area (Å²) in [4.78, 5) is 12.2. The predicted molar refractivity (Wildman–Crippen MR) is 86.3 cm³/mol. The Morgan fingerprint density at radius 1 is 1.16 bits per heavy atom. The highest BCUT2D eigenvalue weighted by molar-refractivity contribution is 14.1. The van der Waals surface area contributed by atoms with E-state index in [9.17, 15) is 4.79 Å². The molecule has 2 aromatic rings. The fourth-order valence-corrected chi connectivity index (χ4v) is 2.44. The topological polar surface area (TPSA) is 41.1 Å². The first kappa shape index (κ1) is 14.0. The minimum absolute atomic E-state index is 0.0772. The molecule has 0 unspecified atom stereocenters. The molecular formula is C15H15IN2O. The second kappa shape index (κ2) is 6.68. The standard InChI is InChI=1S/C15H15IN2O/c1-17-10-11-5-4-6-12(9-11)18-15(19)13-7-2-3-8-14(13)16/h2-9,17H,10H2,1H3,(H,18,19). The minimum Gasteiger partial charge on any atom is -0.322 e. The molecule has 19 heavy (non-hydrogen) atoms. The zero-order valence-electron chi connectivity index (χ0n) is 10.6. The van der Waals surface area contributed by atoms with Crippen LogP contribution in [-0.4, -0.2) is 13.0 Å². The first-order valence-electron chi connectivity index (χ1n) is 6.00. The Kier molecular flexibility index (Phi) is 4.93. The molecular weight excluding hydrogens is 351 g/mol. The largest absolute Gasteiger partial charge is 0.322 e. The summed E-state index contributed by atoms with van der Waals surface area (Å²) >= 11 is 2.17. The Balaban J connectivity index is 2.15. The maximum absolute atomic E-state index is 12.2. The van der Waals surface area contributed by atoms with Gasteiger partial charge in [0, 0.05) is 15.8 Å². The molecule has 4 heteroatoms. The van der Waals surface area contributed by atoms with Gasteiger partial charge in [-0.2, -0.15) is 0 Å². The van der Waals surface area contributed by atoms with Gasteiger partial charge in [-0.15, -0.1) is 0 Å². The van der Waals surface area contributed by atoms with E-state index in [4.69, 9.17) is 0 Å². The van der Waals surface area contributed by atoms with Crippen molar-refractivity contribution in [1.82, 2.24) is 5.32 Å². The summed E-state index contributed by atoms with van der Waals surface area (Å²) < 4.78 is 0.948. The van der Waals surface area contributed by atoms with Crippen LogP contribution in [0.1, 0.15) is 15.9 Å². The number of carbonyl (C=O) groups is 1. The number of hydrogen-bond donors (Lipinski definition) is 2. The van der Waals surface area contributed by atoms with Gasteiger partial charge < -0.3 is 10.6 Å². The van der Waals surface area contributed by atoms with E-state index in [1.807, 2.05) is 55.6 Å². The summed E-state index contributed by atoms with van der Waals surface area (Å²) in [7, 11) is 1.90. The molecule has 0 radical (unpaired) electrons. The van der Waals surface area contributed by atoms with Crippen molar-refractivity contribution in [3.05, 3.63) is 63.2 Å². The average molecular weight is 366 g/mol. The Bertz CT molecular complexity index is 584. The van der Waals surface area contributed by atoms with Gasteiger partial charge in [-0.1, -0.05) is 24.3 Å². The van der Waals surface area contributed by atoms with Gasteiger partial charge in [0.05, 0.1) is 5.56 Å². The summed E-state index contributed by atoms with van der Waals surface area (Å²) in [5.74, 6) is -0.0772. The van der Waals surface area contributed by atoms with Gasteiger partial charge in [0.1, 0.15) is 0 Å². The highest BCUT2D eigenvalue weighted by atomic mass is 127. The van der Waals surface area contributed by atoms with Crippen LogP contribution in [0.15, 0.2) is 48.5 Å². The second-order valence-electron chi connectivity index (χ2n) is 4.16. The molecule has 0 aliphatic rings. The number of anilines is 1. The molecule has 0 saturated heterocycles. The van der Waals surface area contributed by atoms with Crippen LogP contribution in [0.25, 0.3) is 0 Å². The SMILES string of the molecule is CNCc1cccc(NC(=O)c2ccccc2I)c1. The van der Waals surface area contributed by atoms with Crippen molar-refractivity contribution in [1.29, 1.82) is 0 Å². The molecule has 1 amide bonds. The molecule has 0 spiro atoms. The van der Waals surface area contributed by atoms with E-state index in [0.717, 1.165) is 21.4 Å². The second-order valence-corrected chi connectivity index (χ2v) is 5.33. The maximum Gasteiger partial charge on any atom is 0.256 e. The van der Waals surface area contributed by atoms with E-state index in [1.165, 1.54) is 0 Å². The Morgan fingerprint density at radius 2 is 1.95 bits per heavy atom. The van der Waals surface area contributed by atoms with Crippen molar-refractivity contribution in [3.63, 3.8) is 0 Å². The Morgan fingerprint density at radius 3 is 2.68 bits per heavy atom. The third-order valence-corrected chi connectivity index (χ3v) is 3.62. The van der Waals surface area contributed by atoms with Crippen LogP contribution >= 0.6 is 22.6 Å². The lowest BCUT2D eigenvalue weighted by atomic mass is 10.1. The van der Waals surface area contributed by atoms with E-state index in [2.05, 4.69) is 33.2 Å². The molecule has 0 saturated carbocycles. The van der Waals surface area contributed by atoms with E-state index < -0.39 is 0 Å². The van der Waals surface area contributed by atoms with Crippen molar-refractivity contribution in [3.8, 4) is 0 Å². The van der Waals surface area contributed by atoms with Crippen molar-refractivity contribution in [2.45, 2.75) is 6.54 Å². The van der Waals surface area contributed by atoms with E-state index >= 15 is 0 Å². The number of amides is 1. The lowest BCUT2D eigenvalue weighted by molar-refractivity contribution is 0.102. The van der Waals surface area contributed by atoms with Gasteiger partial charge in [0.25, 0.3) is 5.91 Å². The average Bonchev–Trinajstić information content (AvgIpc) is 2.40. The van der Waals surface area contributed by atoms with Crippen LogP contribution in [-0.2, 0) is 6.54 Å². The number of benzene rings is 2. The summed E-state index contributed by atoms with van der Waals surface area (Å²) in [6.07, 6.45) is 0. The van der Waals surface area contributed by atoms with Crippen LogP contribution in [0.2, 0.25) is 0 Å². The van der Waals surface area contributed by atoms with Crippen LogP contribution in [0.3, 0.4) is 0 Å².